The van der Waals surface area contributed by atoms with Crippen molar-refractivity contribution in [1.29, 1.82) is 0 Å². The third kappa shape index (κ3) is 3.14. The van der Waals surface area contributed by atoms with Gasteiger partial charge in [-0.05, 0) is 30.2 Å². The number of fused-ring (bicyclic) bond motifs is 1. The number of para-hydroxylation sites is 1. The molecule has 0 atom stereocenters. The van der Waals surface area contributed by atoms with E-state index in [9.17, 15) is 14.7 Å². The average molecular weight is 407 g/mol. The maximum absolute atomic E-state index is 12.6. The van der Waals surface area contributed by atoms with E-state index in [2.05, 4.69) is 15.2 Å². The number of carbonyl (C=O) groups is 1. The molecule has 30 heavy (non-hydrogen) atoms. The zero-order valence-corrected chi connectivity index (χ0v) is 16.8. The van der Waals surface area contributed by atoms with Gasteiger partial charge in [0.15, 0.2) is 5.82 Å². The number of aromatic amines is 1. The number of nitrogens with zero attached hydrogens (tertiary/aromatic N) is 4. The van der Waals surface area contributed by atoms with Crippen LogP contribution in [-0.4, -0.2) is 35.4 Å². The molecule has 0 fully saturated rings. The number of esters is 1. The summed E-state index contributed by atoms with van der Waals surface area (Å²) < 4.78 is 8.56. The first-order valence-electron chi connectivity index (χ1n) is 9.59. The highest BCUT2D eigenvalue weighted by molar-refractivity contribution is 5.85. The minimum atomic E-state index is -0.456. The molecule has 2 aromatic carbocycles. The van der Waals surface area contributed by atoms with Crippen molar-refractivity contribution in [2.75, 3.05) is 0 Å². The van der Waals surface area contributed by atoms with Gasteiger partial charge in [0.1, 0.15) is 17.0 Å². The predicted molar refractivity (Wildman–Crippen MR) is 111 cm³/mol. The number of H-pyrrole nitrogens is 1. The van der Waals surface area contributed by atoms with E-state index in [-0.39, 0.29) is 18.0 Å². The Kier molecular flexibility index (Phi) is 4.86. The molecule has 154 valence electrons. The molecule has 0 aliphatic rings. The summed E-state index contributed by atoms with van der Waals surface area (Å²) in [7, 11) is 1.87. The zero-order chi connectivity index (χ0) is 21.4. The molecule has 0 radical (unpaired) electrons. The van der Waals surface area contributed by atoms with Crippen LogP contribution >= 0.6 is 0 Å². The van der Waals surface area contributed by atoms with E-state index in [1.54, 1.807) is 25.4 Å². The van der Waals surface area contributed by atoms with Crippen LogP contribution in [0.25, 0.3) is 28.1 Å². The van der Waals surface area contributed by atoms with Gasteiger partial charge >= 0.3 is 11.7 Å². The fourth-order valence-corrected chi connectivity index (χ4v) is 3.38. The van der Waals surface area contributed by atoms with Crippen LogP contribution in [0.1, 0.15) is 25.8 Å². The van der Waals surface area contributed by atoms with Gasteiger partial charge in [0.2, 0.25) is 0 Å². The summed E-state index contributed by atoms with van der Waals surface area (Å²) in [4.78, 5) is 28.8. The van der Waals surface area contributed by atoms with E-state index in [1.165, 1.54) is 10.6 Å². The second-order valence-corrected chi connectivity index (χ2v) is 6.85. The Labute approximate surface area is 171 Å². The fourth-order valence-electron chi connectivity index (χ4n) is 3.38. The number of aryl methyl sites for hydroxylation is 2. The number of phenolic OH excluding ortho intramolecular Hbond substituents is 1. The molecule has 0 amide bonds. The summed E-state index contributed by atoms with van der Waals surface area (Å²) in [5.41, 5.74) is 2.63. The minimum Gasteiger partial charge on any atom is -0.507 e. The average Bonchev–Trinajstić information content (AvgIpc) is 3.31. The number of carbonyl (C=O) groups excluding carboxylic acids is 1. The lowest BCUT2D eigenvalue weighted by atomic mass is 10.1. The maximum Gasteiger partial charge on any atom is 0.348 e. The first kappa shape index (κ1) is 19.4. The number of hydrogen-bond acceptors (Lipinski definition) is 6. The molecule has 0 spiro atoms. The third-order valence-electron chi connectivity index (χ3n) is 4.96. The summed E-state index contributed by atoms with van der Waals surface area (Å²) in [6.45, 7) is 3.61. The summed E-state index contributed by atoms with van der Waals surface area (Å²) in [6, 6.07) is 8.56. The van der Waals surface area contributed by atoms with Crippen molar-refractivity contribution in [1.82, 2.24) is 24.3 Å². The van der Waals surface area contributed by atoms with Crippen molar-refractivity contribution >= 4 is 17.0 Å². The smallest absolute Gasteiger partial charge is 0.348 e. The second kappa shape index (κ2) is 7.51. The SMILES string of the molecule is CCC(=O)Oc1cc(O)c(-c2n[nH]c(=O)n2-c2cccc3c2ncn3C)cc1CC. The number of aromatic nitrogens is 5. The number of nitrogens with one attached hydrogen (secondary N) is 1. The number of rotatable bonds is 5. The topological polar surface area (TPSA) is 115 Å². The molecule has 2 N–H and O–H groups in total. The Morgan fingerprint density at radius 1 is 1.27 bits per heavy atom. The van der Waals surface area contributed by atoms with Crippen LogP contribution in [0.4, 0.5) is 0 Å². The molecular formula is C21H21N5O4. The molecule has 0 aliphatic heterocycles. The lowest BCUT2D eigenvalue weighted by Crippen LogP contribution is -2.16. The van der Waals surface area contributed by atoms with Crippen LogP contribution in [0, 0.1) is 0 Å². The Balaban J connectivity index is 1.91. The molecule has 0 unspecified atom stereocenters. The molecule has 4 rings (SSSR count). The molecule has 0 aliphatic carbocycles. The van der Waals surface area contributed by atoms with Crippen LogP contribution in [0.5, 0.6) is 11.5 Å². The predicted octanol–water partition coefficient (Wildman–Crippen LogP) is 2.70. The molecule has 9 nitrogen and oxygen atoms in total. The Hall–Kier alpha value is -3.88. The zero-order valence-electron chi connectivity index (χ0n) is 16.8. The van der Waals surface area contributed by atoms with Crippen LogP contribution in [0.3, 0.4) is 0 Å². The van der Waals surface area contributed by atoms with Gasteiger partial charge in [0.25, 0.3) is 0 Å². The van der Waals surface area contributed by atoms with Gasteiger partial charge in [0.05, 0.1) is 23.1 Å². The van der Waals surface area contributed by atoms with Gasteiger partial charge in [-0.1, -0.05) is 19.9 Å². The third-order valence-corrected chi connectivity index (χ3v) is 4.96. The standard InChI is InChI=1S/C21H21N5O4/c1-4-12-9-13(16(27)10-17(12)30-18(28)5-2)20-23-24-21(29)26(20)15-8-6-7-14-19(15)22-11-25(14)3/h6-11,27H,4-5H2,1-3H3,(H,24,29). The van der Waals surface area contributed by atoms with Crippen LogP contribution < -0.4 is 10.4 Å². The molecular weight excluding hydrogens is 386 g/mol. The largest absolute Gasteiger partial charge is 0.507 e. The van der Waals surface area contributed by atoms with Gasteiger partial charge in [-0.15, -0.1) is 0 Å². The molecule has 0 bridgehead atoms. The maximum atomic E-state index is 12.6. The summed E-state index contributed by atoms with van der Waals surface area (Å²) in [5, 5.41) is 17.3. The summed E-state index contributed by atoms with van der Waals surface area (Å²) >= 11 is 0. The summed E-state index contributed by atoms with van der Waals surface area (Å²) in [5.74, 6) is -0.0181. The van der Waals surface area contributed by atoms with Gasteiger partial charge in [-0.3, -0.25) is 4.79 Å². The van der Waals surface area contributed by atoms with Crippen LogP contribution in [0.2, 0.25) is 0 Å². The molecule has 0 saturated carbocycles. The number of ether oxygens (including phenoxy) is 1. The van der Waals surface area contributed by atoms with E-state index in [1.807, 2.05) is 30.7 Å². The van der Waals surface area contributed by atoms with Crippen molar-refractivity contribution < 1.29 is 14.6 Å². The highest BCUT2D eigenvalue weighted by atomic mass is 16.5. The number of phenols is 1. The first-order chi connectivity index (χ1) is 14.4. The second-order valence-electron chi connectivity index (χ2n) is 6.85. The van der Waals surface area contributed by atoms with Gasteiger partial charge in [0, 0.05) is 19.5 Å². The Morgan fingerprint density at radius 2 is 2.07 bits per heavy atom. The molecule has 9 heteroatoms. The van der Waals surface area contributed by atoms with Gasteiger partial charge in [-0.25, -0.2) is 19.4 Å². The first-order valence-corrected chi connectivity index (χ1v) is 9.59. The van der Waals surface area contributed by atoms with E-state index in [4.69, 9.17) is 4.74 Å². The summed E-state index contributed by atoms with van der Waals surface area (Å²) in [6.07, 6.45) is 2.45. The van der Waals surface area contributed by atoms with E-state index < -0.39 is 11.7 Å². The van der Waals surface area contributed by atoms with E-state index in [0.717, 1.165) is 5.52 Å². The lowest BCUT2D eigenvalue weighted by Gasteiger charge is -2.13. The van der Waals surface area contributed by atoms with Crippen molar-refractivity contribution in [3.8, 4) is 28.6 Å². The highest BCUT2D eigenvalue weighted by Gasteiger charge is 2.21. The normalized spacial score (nSPS) is 11.2. The Morgan fingerprint density at radius 3 is 2.80 bits per heavy atom. The minimum absolute atomic E-state index is 0.153. The molecule has 0 saturated heterocycles. The Bertz CT molecular complexity index is 1310. The van der Waals surface area contributed by atoms with E-state index in [0.29, 0.717) is 34.5 Å². The highest BCUT2D eigenvalue weighted by Crippen LogP contribution is 2.36. The van der Waals surface area contributed by atoms with E-state index >= 15 is 0 Å². The molecule has 2 heterocycles. The number of benzene rings is 2. The monoisotopic (exact) mass is 407 g/mol. The molecule has 4 aromatic rings. The number of imidazole rings is 1. The van der Waals surface area contributed by atoms with Crippen LogP contribution in [0.15, 0.2) is 41.5 Å². The number of hydrogen-bond donors (Lipinski definition) is 2. The van der Waals surface area contributed by atoms with Crippen LogP contribution in [-0.2, 0) is 18.3 Å². The quantitative estimate of drug-likeness (QED) is 0.388. The van der Waals surface area contributed by atoms with Crippen molar-refractivity contribution in [3.05, 3.63) is 52.7 Å². The number of aromatic hydroxyl groups is 1. The van der Waals surface area contributed by atoms with Crippen molar-refractivity contribution in [2.24, 2.45) is 7.05 Å². The van der Waals surface area contributed by atoms with Crippen molar-refractivity contribution in [3.63, 3.8) is 0 Å². The lowest BCUT2D eigenvalue weighted by molar-refractivity contribution is -0.134. The van der Waals surface area contributed by atoms with Crippen molar-refractivity contribution in [2.45, 2.75) is 26.7 Å². The van der Waals surface area contributed by atoms with Gasteiger partial charge in [-0.2, -0.15) is 5.10 Å². The van der Waals surface area contributed by atoms with Gasteiger partial charge < -0.3 is 14.4 Å². The fraction of sp³-hybridized carbons (Fsp3) is 0.238. The molecule has 2 aromatic heterocycles.